The van der Waals surface area contributed by atoms with Crippen LogP contribution in [0.3, 0.4) is 0 Å². The first-order valence-corrected chi connectivity index (χ1v) is 6.68. The lowest BCUT2D eigenvalue weighted by atomic mass is 10.2. The van der Waals surface area contributed by atoms with Crippen molar-refractivity contribution in [3.8, 4) is 11.8 Å². The molecule has 106 valence electrons. The van der Waals surface area contributed by atoms with E-state index >= 15 is 0 Å². The third kappa shape index (κ3) is 4.84. The molecule has 4 nitrogen and oxygen atoms in total. The Kier molecular flexibility index (Phi) is 5.22. The Bertz CT molecular complexity index is 669. The van der Waals surface area contributed by atoms with E-state index < -0.39 is 0 Å². The Morgan fingerprint density at radius 3 is 2.05 bits per heavy atom. The maximum absolute atomic E-state index is 11.8. The number of carbonyl (C=O) groups excluding carboxylic acids is 1. The molecule has 2 aromatic carbocycles. The summed E-state index contributed by atoms with van der Waals surface area (Å²) in [6, 6.07) is 13.8. The van der Waals surface area contributed by atoms with Crippen LogP contribution in [0.2, 0.25) is 5.02 Å². The second-order valence-electron chi connectivity index (χ2n) is 4.17. The minimum Gasteiger partial charge on any atom is -0.320 e. The fourth-order valence-electron chi connectivity index (χ4n) is 1.62. The van der Waals surface area contributed by atoms with Gasteiger partial charge in [-0.1, -0.05) is 23.4 Å². The first-order valence-electron chi connectivity index (χ1n) is 6.30. The van der Waals surface area contributed by atoms with Gasteiger partial charge >= 0.3 is 6.03 Å². The van der Waals surface area contributed by atoms with Gasteiger partial charge in [0.05, 0.1) is 6.54 Å². The van der Waals surface area contributed by atoms with Crippen molar-refractivity contribution >= 4 is 29.0 Å². The molecule has 4 N–H and O–H groups in total. The number of rotatable bonds is 2. The van der Waals surface area contributed by atoms with Crippen molar-refractivity contribution < 1.29 is 4.79 Å². The van der Waals surface area contributed by atoms with Crippen LogP contribution in [0.15, 0.2) is 48.5 Å². The molecule has 5 heteroatoms. The van der Waals surface area contributed by atoms with Crippen LogP contribution in [0, 0.1) is 11.8 Å². The Labute approximate surface area is 128 Å². The zero-order valence-electron chi connectivity index (χ0n) is 11.2. The van der Waals surface area contributed by atoms with Crippen molar-refractivity contribution in [3.05, 3.63) is 59.1 Å². The van der Waals surface area contributed by atoms with Crippen LogP contribution in [0.25, 0.3) is 0 Å². The van der Waals surface area contributed by atoms with Crippen LogP contribution in [-0.4, -0.2) is 12.6 Å². The summed E-state index contributed by atoms with van der Waals surface area (Å²) in [5.41, 5.74) is 7.51. The highest BCUT2D eigenvalue weighted by Gasteiger charge is 2.02. The maximum atomic E-state index is 11.8. The standard InChI is InChI=1S/C16H14ClN3O/c17-13-5-9-15(10-6-13)20-16(21)19-14-7-3-12(4-8-14)2-1-11-18/h3-10H,11,18H2,(H2,19,20,21). The molecule has 21 heavy (non-hydrogen) atoms. The van der Waals surface area contributed by atoms with E-state index in [0.717, 1.165) is 5.56 Å². The predicted molar refractivity (Wildman–Crippen MR) is 86.5 cm³/mol. The normalized spacial score (nSPS) is 9.43. The largest absolute Gasteiger partial charge is 0.323 e. The topological polar surface area (TPSA) is 67.1 Å². The summed E-state index contributed by atoms with van der Waals surface area (Å²) in [5, 5.41) is 6.07. The molecule has 0 aromatic heterocycles. The van der Waals surface area contributed by atoms with E-state index in [1.807, 2.05) is 12.1 Å². The first-order chi connectivity index (χ1) is 10.2. The van der Waals surface area contributed by atoms with Gasteiger partial charge < -0.3 is 16.4 Å². The highest BCUT2D eigenvalue weighted by molar-refractivity contribution is 6.30. The van der Waals surface area contributed by atoms with Gasteiger partial charge in [0.25, 0.3) is 0 Å². The molecule has 0 saturated heterocycles. The molecule has 0 radical (unpaired) electrons. The summed E-state index contributed by atoms with van der Waals surface area (Å²) >= 11 is 5.78. The number of hydrogen-bond donors (Lipinski definition) is 3. The summed E-state index contributed by atoms with van der Waals surface area (Å²) < 4.78 is 0. The number of halogens is 1. The maximum Gasteiger partial charge on any atom is 0.323 e. The van der Waals surface area contributed by atoms with E-state index in [9.17, 15) is 4.79 Å². The molecule has 2 rings (SSSR count). The Balaban J connectivity index is 1.94. The van der Waals surface area contributed by atoms with Gasteiger partial charge in [0, 0.05) is 22.0 Å². The third-order valence-electron chi connectivity index (χ3n) is 2.58. The lowest BCUT2D eigenvalue weighted by Gasteiger charge is -2.07. The second kappa shape index (κ2) is 7.34. The van der Waals surface area contributed by atoms with Crippen LogP contribution >= 0.6 is 11.6 Å². The van der Waals surface area contributed by atoms with Crippen molar-refractivity contribution in [1.29, 1.82) is 0 Å². The van der Waals surface area contributed by atoms with Crippen molar-refractivity contribution in [2.24, 2.45) is 5.73 Å². The van der Waals surface area contributed by atoms with Gasteiger partial charge in [0.1, 0.15) is 0 Å². The van der Waals surface area contributed by atoms with Gasteiger partial charge in [-0.3, -0.25) is 0 Å². The summed E-state index contributed by atoms with van der Waals surface area (Å²) in [7, 11) is 0. The SMILES string of the molecule is NCC#Cc1ccc(NC(=O)Nc2ccc(Cl)cc2)cc1. The lowest BCUT2D eigenvalue weighted by Crippen LogP contribution is -2.19. The molecule has 0 aliphatic carbocycles. The molecule has 0 heterocycles. The number of urea groups is 1. The molecule has 0 bridgehead atoms. The molecule has 0 fully saturated rings. The van der Waals surface area contributed by atoms with Gasteiger partial charge in [0.15, 0.2) is 0 Å². The van der Waals surface area contributed by atoms with Gasteiger partial charge in [0.2, 0.25) is 0 Å². The van der Waals surface area contributed by atoms with Crippen LogP contribution in [0.5, 0.6) is 0 Å². The molecular weight excluding hydrogens is 286 g/mol. The smallest absolute Gasteiger partial charge is 0.320 e. The minimum absolute atomic E-state index is 0.321. The van der Waals surface area contributed by atoms with E-state index in [1.54, 1.807) is 36.4 Å². The van der Waals surface area contributed by atoms with Crippen LogP contribution < -0.4 is 16.4 Å². The van der Waals surface area contributed by atoms with Crippen LogP contribution in [0.1, 0.15) is 5.56 Å². The number of hydrogen-bond acceptors (Lipinski definition) is 2. The predicted octanol–water partition coefficient (Wildman–Crippen LogP) is 3.29. The van der Waals surface area contributed by atoms with Gasteiger partial charge in [-0.05, 0) is 48.5 Å². The molecule has 0 aliphatic heterocycles. The average molecular weight is 300 g/mol. The summed E-state index contributed by atoms with van der Waals surface area (Å²) in [6.45, 7) is 0.323. The van der Waals surface area contributed by atoms with E-state index in [-0.39, 0.29) is 6.03 Å². The monoisotopic (exact) mass is 299 g/mol. The third-order valence-corrected chi connectivity index (χ3v) is 2.83. The fraction of sp³-hybridized carbons (Fsp3) is 0.0625. The van der Waals surface area contributed by atoms with Crippen LogP contribution in [0.4, 0.5) is 16.2 Å². The Morgan fingerprint density at radius 1 is 1.00 bits per heavy atom. The van der Waals surface area contributed by atoms with Gasteiger partial charge in [-0.25, -0.2) is 4.79 Å². The molecule has 0 spiro atoms. The number of nitrogens with one attached hydrogen (secondary N) is 2. The molecule has 0 unspecified atom stereocenters. The highest BCUT2D eigenvalue weighted by atomic mass is 35.5. The van der Waals surface area contributed by atoms with Gasteiger partial charge in [-0.15, -0.1) is 0 Å². The molecule has 2 amide bonds. The Morgan fingerprint density at radius 2 is 1.52 bits per heavy atom. The van der Waals surface area contributed by atoms with Crippen molar-refractivity contribution in [2.45, 2.75) is 0 Å². The number of benzene rings is 2. The number of amides is 2. The molecule has 2 aromatic rings. The number of nitrogens with two attached hydrogens (primary N) is 1. The quantitative estimate of drug-likeness (QED) is 0.745. The fourth-order valence-corrected chi connectivity index (χ4v) is 1.74. The van der Waals surface area contributed by atoms with E-state index in [0.29, 0.717) is 22.9 Å². The van der Waals surface area contributed by atoms with Crippen molar-refractivity contribution in [3.63, 3.8) is 0 Å². The van der Waals surface area contributed by atoms with E-state index in [4.69, 9.17) is 17.3 Å². The Hall–Kier alpha value is -2.48. The summed E-state index contributed by atoms with van der Waals surface area (Å²) in [4.78, 5) is 11.8. The number of carbonyl (C=O) groups is 1. The van der Waals surface area contributed by atoms with Crippen LogP contribution in [-0.2, 0) is 0 Å². The van der Waals surface area contributed by atoms with Gasteiger partial charge in [-0.2, -0.15) is 0 Å². The zero-order valence-corrected chi connectivity index (χ0v) is 11.9. The molecule has 0 atom stereocenters. The second-order valence-corrected chi connectivity index (χ2v) is 4.61. The minimum atomic E-state index is -0.321. The first kappa shape index (κ1) is 14.9. The summed E-state index contributed by atoms with van der Waals surface area (Å²) in [5.74, 6) is 5.68. The molecule has 0 aliphatic rings. The average Bonchev–Trinajstić information content (AvgIpc) is 2.49. The highest BCUT2D eigenvalue weighted by Crippen LogP contribution is 2.14. The lowest BCUT2D eigenvalue weighted by molar-refractivity contribution is 0.262. The van der Waals surface area contributed by atoms with E-state index in [1.165, 1.54) is 0 Å². The zero-order chi connectivity index (χ0) is 15.1. The van der Waals surface area contributed by atoms with Crippen molar-refractivity contribution in [2.75, 3.05) is 17.2 Å². The summed E-state index contributed by atoms with van der Waals surface area (Å²) in [6.07, 6.45) is 0. The van der Waals surface area contributed by atoms with E-state index in [2.05, 4.69) is 22.5 Å². The number of anilines is 2. The van der Waals surface area contributed by atoms with Crippen molar-refractivity contribution in [1.82, 2.24) is 0 Å². The molecule has 0 saturated carbocycles. The molecular formula is C16H14ClN3O.